The molecule has 0 spiro atoms. The summed E-state index contributed by atoms with van der Waals surface area (Å²) in [7, 11) is -1.60. The third-order valence-corrected chi connectivity index (χ3v) is 4.72. The molecular weight excluding hydrogens is 278 g/mol. The minimum atomic E-state index is -3.29. The van der Waals surface area contributed by atoms with E-state index in [0.29, 0.717) is 12.3 Å². The van der Waals surface area contributed by atoms with Crippen LogP contribution < -0.4 is 0 Å². The smallest absolute Gasteiger partial charge is 0.178 e. The summed E-state index contributed by atoms with van der Waals surface area (Å²) < 4.78 is 28.8. The van der Waals surface area contributed by atoms with E-state index in [2.05, 4.69) is 14.9 Å². The molecule has 1 atom stereocenters. The highest BCUT2D eigenvalue weighted by Gasteiger charge is 2.27. The van der Waals surface area contributed by atoms with E-state index in [1.165, 1.54) is 18.8 Å². The van der Waals surface area contributed by atoms with Crippen LogP contribution in [0.1, 0.15) is 24.5 Å². The van der Waals surface area contributed by atoms with Gasteiger partial charge in [0.1, 0.15) is 11.2 Å². The van der Waals surface area contributed by atoms with Crippen molar-refractivity contribution in [3.05, 3.63) is 18.2 Å². The van der Waals surface area contributed by atoms with Crippen molar-refractivity contribution in [1.82, 2.24) is 14.9 Å². The Bertz CT molecular complexity index is 548. The van der Waals surface area contributed by atoms with Gasteiger partial charge in [-0.15, -0.1) is 0 Å². The standard InChI is InChI=1S/C13H21N3O3S/c1-19-7-6-16-5-3-4-11(9-16)13-12(20(2,17)18)8-14-10-15-13/h8,10-11H,3-7,9H2,1-2H3. The van der Waals surface area contributed by atoms with Gasteiger partial charge in [-0.25, -0.2) is 18.4 Å². The third-order valence-electron chi connectivity index (χ3n) is 3.61. The van der Waals surface area contributed by atoms with Gasteiger partial charge in [-0.3, -0.25) is 0 Å². The van der Waals surface area contributed by atoms with E-state index in [0.717, 1.165) is 32.5 Å². The molecule has 2 rings (SSSR count). The molecule has 2 heterocycles. The maximum absolute atomic E-state index is 11.8. The van der Waals surface area contributed by atoms with Crippen LogP contribution in [0.25, 0.3) is 0 Å². The number of sulfone groups is 1. The first-order valence-electron chi connectivity index (χ1n) is 6.73. The summed E-state index contributed by atoms with van der Waals surface area (Å²) in [6, 6.07) is 0. The number of nitrogens with zero attached hydrogens (tertiary/aromatic N) is 3. The van der Waals surface area contributed by atoms with Gasteiger partial charge in [-0.2, -0.15) is 0 Å². The third kappa shape index (κ3) is 3.74. The number of piperidine rings is 1. The van der Waals surface area contributed by atoms with Crippen LogP contribution in [0.2, 0.25) is 0 Å². The molecule has 1 aromatic heterocycles. The Balaban J connectivity index is 2.19. The van der Waals surface area contributed by atoms with Crippen molar-refractivity contribution >= 4 is 9.84 Å². The van der Waals surface area contributed by atoms with Crippen LogP contribution in [0.4, 0.5) is 0 Å². The largest absolute Gasteiger partial charge is 0.383 e. The molecule has 1 aliphatic rings. The average molecular weight is 299 g/mol. The van der Waals surface area contributed by atoms with Crippen LogP contribution in [0.15, 0.2) is 17.4 Å². The molecule has 112 valence electrons. The number of hydrogen-bond acceptors (Lipinski definition) is 6. The van der Waals surface area contributed by atoms with Gasteiger partial charge in [0.25, 0.3) is 0 Å². The Kier molecular flexibility index (Phi) is 5.06. The van der Waals surface area contributed by atoms with Crippen molar-refractivity contribution in [2.24, 2.45) is 0 Å². The van der Waals surface area contributed by atoms with Crippen molar-refractivity contribution in [3.8, 4) is 0 Å². The van der Waals surface area contributed by atoms with E-state index in [1.807, 2.05) is 0 Å². The summed E-state index contributed by atoms with van der Waals surface area (Å²) >= 11 is 0. The number of methoxy groups -OCH3 is 1. The van der Waals surface area contributed by atoms with Gasteiger partial charge in [-0.1, -0.05) is 0 Å². The molecule has 1 saturated heterocycles. The molecular formula is C13H21N3O3S. The second-order valence-electron chi connectivity index (χ2n) is 5.18. The molecule has 1 aliphatic heterocycles. The molecule has 1 aromatic rings. The fourth-order valence-electron chi connectivity index (χ4n) is 2.62. The van der Waals surface area contributed by atoms with Gasteiger partial charge in [0.15, 0.2) is 9.84 Å². The highest BCUT2D eigenvalue weighted by Crippen LogP contribution is 2.29. The van der Waals surface area contributed by atoms with E-state index in [4.69, 9.17) is 4.74 Å². The summed E-state index contributed by atoms with van der Waals surface area (Å²) in [4.78, 5) is 10.6. The number of aromatic nitrogens is 2. The lowest BCUT2D eigenvalue weighted by Crippen LogP contribution is -2.37. The van der Waals surface area contributed by atoms with E-state index in [1.54, 1.807) is 7.11 Å². The van der Waals surface area contributed by atoms with Crippen LogP contribution >= 0.6 is 0 Å². The van der Waals surface area contributed by atoms with Crippen LogP contribution in [-0.2, 0) is 14.6 Å². The number of ether oxygens (including phenoxy) is 1. The molecule has 0 aliphatic carbocycles. The minimum absolute atomic E-state index is 0.147. The minimum Gasteiger partial charge on any atom is -0.383 e. The van der Waals surface area contributed by atoms with Crippen molar-refractivity contribution in [1.29, 1.82) is 0 Å². The van der Waals surface area contributed by atoms with Crippen LogP contribution in [0.3, 0.4) is 0 Å². The van der Waals surface area contributed by atoms with Gasteiger partial charge in [0.05, 0.1) is 12.3 Å². The van der Waals surface area contributed by atoms with E-state index in [-0.39, 0.29) is 10.8 Å². The first-order chi connectivity index (χ1) is 9.52. The highest BCUT2D eigenvalue weighted by molar-refractivity contribution is 7.90. The predicted octanol–water partition coefficient (Wildman–Crippen LogP) is 0.706. The molecule has 0 bridgehead atoms. The molecule has 0 saturated carbocycles. The first-order valence-corrected chi connectivity index (χ1v) is 8.62. The monoisotopic (exact) mass is 299 g/mol. The van der Waals surface area contributed by atoms with E-state index in [9.17, 15) is 8.42 Å². The molecule has 6 nitrogen and oxygen atoms in total. The molecule has 0 amide bonds. The number of rotatable bonds is 5. The fraction of sp³-hybridized carbons (Fsp3) is 0.692. The number of hydrogen-bond donors (Lipinski definition) is 0. The molecule has 1 unspecified atom stereocenters. The van der Waals surface area contributed by atoms with Crippen molar-refractivity contribution in [3.63, 3.8) is 0 Å². The van der Waals surface area contributed by atoms with Gasteiger partial charge >= 0.3 is 0 Å². The number of likely N-dealkylation sites (tertiary alicyclic amines) is 1. The maximum Gasteiger partial charge on any atom is 0.178 e. The van der Waals surface area contributed by atoms with E-state index >= 15 is 0 Å². The maximum atomic E-state index is 11.8. The lowest BCUT2D eigenvalue weighted by Gasteiger charge is -2.32. The SMILES string of the molecule is COCCN1CCCC(c2ncncc2S(C)(=O)=O)C1. The predicted molar refractivity (Wildman–Crippen MR) is 75.4 cm³/mol. The summed E-state index contributed by atoms with van der Waals surface area (Å²) in [5, 5.41) is 0. The molecule has 7 heteroatoms. The van der Waals surface area contributed by atoms with Crippen molar-refractivity contribution in [2.45, 2.75) is 23.7 Å². The Morgan fingerprint density at radius 3 is 3.00 bits per heavy atom. The lowest BCUT2D eigenvalue weighted by atomic mass is 9.94. The van der Waals surface area contributed by atoms with Gasteiger partial charge in [0.2, 0.25) is 0 Å². The van der Waals surface area contributed by atoms with E-state index < -0.39 is 9.84 Å². The summed E-state index contributed by atoms with van der Waals surface area (Å²) in [6.45, 7) is 3.41. The second-order valence-corrected chi connectivity index (χ2v) is 7.16. The molecule has 1 fully saturated rings. The Morgan fingerprint density at radius 1 is 1.50 bits per heavy atom. The topological polar surface area (TPSA) is 72.4 Å². The lowest BCUT2D eigenvalue weighted by molar-refractivity contribution is 0.127. The summed E-state index contributed by atoms with van der Waals surface area (Å²) in [6.07, 6.45) is 6.05. The van der Waals surface area contributed by atoms with Gasteiger partial charge < -0.3 is 9.64 Å². The average Bonchev–Trinajstić information content (AvgIpc) is 2.44. The molecule has 0 aromatic carbocycles. The normalized spacial score (nSPS) is 21.0. The first kappa shape index (κ1) is 15.3. The van der Waals surface area contributed by atoms with Crippen LogP contribution in [0.5, 0.6) is 0 Å². The zero-order chi connectivity index (χ0) is 14.6. The highest BCUT2D eigenvalue weighted by atomic mass is 32.2. The van der Waals surface area contributed by atoms with Crippen LogP contribution in [-0.4, -0.2) is 62.9 Å². The second kappa shape index (κ2) is 6.60. The Hall–Kier alpha value is -1.05. The summed E-state index contributed by atoms with van der Waals surface area (Å²) in [5.74, 6) is 0.147. The zero-order valence-electron chi connectivity index (χ0n) is 11.9. The Labute approximate surface area is 120 Å². The fourth-order valence-corrected chi connectivity index (χ4v) is 3.47. The van der Waals surface area contributed by atoms with Crippen molar-refractivity contribution < 1.29 is 13.2 Å². The molecule has 20 heavy (non-hydrogen) atoms. The Morgan fingerprint density at radius 2 is 2.30 bits per heavy atom. The quantitative estimate of drug-likeness (QED) is 0.797. The van der Waals surface area contributed by atoms with Crippen LogP contribution in [0, 0.1) is 0 Å². The van der Waals surface area contributed by atoms with Crippen molar-refractivity contribution in [2.75, 3.05) is 39.6 Å². The zero-order valence-corrected chi connectivity index (χ0v) is 12.8. The van der Waals surface area contributed by atoms with Gasteiger partial charge in [0, 0.05) is 38.6 Å². The molecule has 0 radical (unpaired) electrons. The van der Waals surface area contributed by atoms with Gasteiger partial charge in [-0.05, 0) is 19.4 Å². The molecule has 0 N–H and O–H groups in total. The summed E-state index contributed by atoms with van der Waals surface area (Å²) in [5.41, 5.74) is 0.657.